The molecule has 1 aliphatic heterocycles. The van der Waals surface area contributed by atoms with Gasteiger partial charge in [-0.15, -0.1) is 0 Å². The van der Waals surface area contributed by atoms with E-state index in [0.29, 0.717) is 17.7 Å². The molecule has 2 aromatic carbocycles. The molecule has 3 N–H and O–H groups in total. The Hall–Kier alpha value is -1.59. The van der Waals surface area contributed by atoms with Crippen LogP contribution >= 0.6 is 15.9 Å². The smallest absolute Gasteiger partial charge is 0.165 e. The summed E-state index contributed by atoms with van der Waals surface area (Å²) in [5.41, 5.74) is 7.77. The number of fused-ring (bicyclic) bond motifs is 1. The SMILES string of the molecule is NC1CC(c2ccc(O)c(F)c2)Oc2cc(Br)ccc21. The average Bonchev–Trinajstić information content (AvgIpc) is 2.41. The summed E-state index contributed by atoms with van der Waals surface area (Å²) >= 11 is 3.39. The minimum absolute atomic E-state index is 0.159. The molecule has 3 nitrogen and oxygen atoms in total. The molecule has 0 saturated carbocycles. The lowest BCUT2D eigenvalue weighted by molar-refractivity contribution is 0.161. The minimum Gasteiger partial charge on any atom is -0.505 e. The van der Waals surface area contributed by atoms with E-state index in [1.54, 1.807) is 6.07 Å². The van der Waals surface area contributed by atoms with Crippen LogP contribution in [0.2, 0.25) is 0 Å². The van der Waals surface area contributed by atoms with Gasteiger partial charge in [-0.25, -0.2) is 4.39 Å². The maximum atomic E-state index is 13.4. The Balaban J connectivity index is 1.96. The fraction of sp³-hybridized carbons (Fsp3) is 0.200. The topological polar surface area (TPSA) is 55.5 Å². The van der Waals surface area contributed by atoms with Crippen LogP contribution < -0.4 is 10.5 Å². The number of phenols is 1. The van der Waals surface area contributed by atoms with E-state index in [4.69, 9.17) is 10.5 Å². The lowest BCUT2D eigenvalue weighted by Crippen LogP contribution is -2.24. The number of halogens is 2. The van der Waals surface area contributed by atoms with Gasteiger partial charge in [-0.3, -0.25) is 0 Å². The molecule has 20 heavy (non-hydrogen) atoms. The lowest BCUT2D eigenvalue weighted by Gasteiger charge is -2.30. The van der Waals surface area contributed by atoms with Crippen LogP contribution in [0, 0.1) is 5.82 Å². The molecule has 2 aromatic rings. The summed E-state index contributed by atoms with van der Waals surface area (Å²) in [6.45, 7) is 0. The van der Waals surface area contributed by atoms with Gasteiger partial charge in [-0.1, -0.05) is 28.1 Å². The van der Waals surface area contributed by atoms with Crippen LogP contribution in [0.5, 0.6) is 11.5 Å². The first-order valence-electron chi connectivity index (χ1n) is 6.24. The highest BCUT2D eigenvalue weighted by Crippen LogP contribution is 2.41. The third-order valence-electron chi connectivity index (χ3n) is 3.46. The van der Waals surface area contributed by atoms with Gasteiger partial charge in [0.1, 0.15) is 11.9 Å². The van der Waals surface area contributed by atoms with Crippen LogP contribution in [-0.4, -0.2) is 5.11 Å². The number of ether oxygens (including phenoxy) is 1. The summed E-state index contributed by atoms with van der Waals surface area (Å²) in [6.07, 6.45) is 0.251. The van der Waals surface area contributed by atoms with E-state index in [1.807, 2.05) is 18.2 Å². The average molecular weight is 338 g/mol. The van der Waals surface area contributed by atoms with Crippen molar-refractivity contribution in [1.29, 1.82) is 0 Å². The Bertz CT molecular complexity index is 662. The van der Waals surface area contributed by atoms with Crippen LogP contribution in [-0.2, 0) is 0 Å². The zero-order chi connectivity index (χ0) is 14.3. The second kappa shape index (κ2) is 5.07. The number of phenolic OH excluding ortho intramolecular Hbond substituents is 1. The molecule has 0 amide bonds. The number of rotatable bonds is 1. The normalized spacial score (nSPS) is 21.1. The highest BCUT2D eigenvalue weighted by molar-refractivity contribution is 9.10. The van der Waals surface area contributed by atoms with Crippen molar-refractivity contribution in [1.82, 2.24) is 0 Å². The second-order valence-corrected chi connectivity index (χ2v) is 5.76. The van der Waals surface area contributed by atoms with Crippen molar-refractivity contribution in [3.05, 3.63) is 57.8 Å². The Morgan fingerprint density at radius 1 is 1.25 bits per heavy atom. The van der Waals surface area contributed by atoms with Crippen LogP contribution in [0.3, 0.4) is 0 Å². The third-order valence-corrected chi connectivity index (χ3v) is 3.95. The van der Waals surface area contributed by atoms with Crippen LogP contribution in [0.4, 0.5) is 4.39 Å². The molecule has 1 aliphatic rings. The number of hydrogen-bond acceptors (Lipinski definition) is 3. The number of nitrogens with two attached hydrogens (primary N) is 1. The van der Waals surface area contributed by atoms with Gasteiger partial charge < -0.3 is 15.6 Å². The standard InChI is InChI=1S/C15H13BrFNO2/c16-9-2-3-10-12(18)7-14(20-15(10)6-9)8-1-4-13(19)11(17)5-8/h1-6,12,14,19H,7,18H2. The molecule has 0 bridgehead atoms. The van der Waals surface area contributed by atoms with E-state index in [-0.39, 0.29) is 17.9 Å². The summed E-state index contributed by atoms with van der Waals surface area (Å²) in [7, 11) is 0. The summed E-state index contributed by atoms with van der Waals surface area (Å²) in [4.78, 5) is 0. The molecule has 0 saturated heterocycles. The minimum atomic E-state index is -0.653. The van der Waals surface area contributed by atoms with Gasteiger partial charge in [0.25, 0.3) is 0 Å². The van der Waals surface area contributed by atoms with E-state index < -0.39 is 5.82 Å². The van der Waals surface area contributed by atoms with Gasteiger partial charge >= 0.3 is 0 Å². The number of aromatic hydroxyl groups is 1. The molecule has 5 heteroatoms. The third kappa shape index (κ3) is 2.39. The molecular weight excluding hydrogens is 325 g/mol. The van der Waals surface area contributed by atoms with Crippen molar-refractivity contribution >= 4 is 15.9 Å². The first-order chi connectivity index (χ1) is 9.54. The molecule has 0 spiro atoms. The molecule has 0 aliphatic carbocycles. The van der Waals surface area contributed by atoms with E-state index in [0.717, 1.165) is 10.0 Å². The van der Waals surface area contributed by atoms with Gasteiger partial charge in [0.2, 0.25) is 0 Å². The highest BCUT2D eigenvalue weighted by Gasteiger charge is 2.27. The quantitative estimate of drug-likeness (QED) is 0.831. The maximum absolute atomic E-state index is 13.4. The summed E-state index contributed by atoms with van der Waals surface area (Å²) < 4.78 is 20.3. The van der Waals surface area contributed by atoms with Crippen molar-refractivity contribution in [3.63, 3.8) is 0 Å². The first kappa shape index (κ1) is 13.4. The van der Waals surface area contributed by atoms with E-state index in [2.05, 4.69) is 15.9 Å². The first-order valence-corrected chi connectivity index (χ1v) is 7.04. The van der Waals surface area contributed by atoms with Gasteiger partial charge in [0.05, 0.1) is 0 Å². The van der Waals surface area contributed by atoms with Crippen LogP contribution in [0.25, 0.3) is 0 Å². The fourth-order valence-electron chi connectivity index (χ4n) is 2.40. The van der Waals surface area contributed by atoms with Crippen molar-refractivity contribution in [3.8, 4) is 11.5 Å². The molecule has 0 aromatic heterocycles. The molecule has 0 radical (unpaired) electrons. The monoisotopic (exact) mass is 337 g/mol. The van der Waals surface area contributed by atoms with E-state index in [9.17, 15) is 9.50 Å². The summed E-state index contributed by atoms with van der Waals surface area (Å²) in [6, 6.07) is 9.82. The van der Waals surface area contributed by atoms with Gasteiger partial charge in [0.15, 0.2) is 11.6 Å². The molecule has 1 heterocycles. The highest BCUT2D eigenvalue weighted by atomic mass is 79.9. The Kier molecular flexibility index (Phi) is 3.40. The Morgan fingerprint density at radius 2 is 2.05 bits per heavy atom. The largest absolute Gasteiger partial charge is 0.505 e. The zero-order valence-electron chi connectivity index (χ0n) is 10.5. The lowest BCUT2D eigenvalue weighted by atomic mass is 9.93. The molecule has 3 rings (SSSR count). The number of hydrogen-bond donors (Lipinski definition) is 2. The summed E-state index contributed by atoms with van der Waals surface area (Å²) in [5, 5.41) is 9.24. The second-order valence-electron chi connectivity index (χ2n) is 4.84. The molecule has 2 atom stereocenters. The number of benzene rings is 2. The molecule has 0 fully saturated rings. The predicted octanol–water partition coefficient (Wildman–Crippen LogP) is 3.82. The van der Waals surface area contributed by atoms with Gasteiger partial charge in [0, 0.05) is 22.5 Å². The summed E-state index contributed by atoms with van der Waals surface area (Å²) in [5.74, 6) is -0.312. The van der Waals surface area contributed by atoms with Crippen molar-refractivity contribution in [2.24, 2.45) is 5.73 Å². The molecule has 2 unspecified atom stereocenters. The van der Waals surface area contributed by atoms with Gasteiger partial charge in [-0.05, 0) is 29.8 Å². The molecule has 104 valence electrons. The van der Waals surface area contributed by atoms with Crippen LogP contribution in [0.1, 0.15) is 29.7 Å². The van der Waals surface area contributed by atoms with Gasteiger partial charge in [-0.2, -0.15) is 0 Å². The predicted molar refractivity (Wildman–Crippen MR) is 77.1 cm³/mol. The van der Waals surface area contributed by atoms with Crippen molar-refractivity contribution < 1.29 is 14.2 Å². The van der Waals surface area contributed by atoms with Crippen LogP contribution in [0.15, 0.2) is 40.9 Å². The zero-order valence-corrected chi connectivity index (χ0v) is 12.1. The van der Waals surface area contributed by atoms with E-state index >= 15 is 0 Å². The Morgan fingerprint density at radius 3 is 2.80 bits per heavy atom. The van der Waals surface area contributed by atoms with E-state index in [1.165, 1.54) is 12.1 Å². The van der Waals surface area contributed by atoms with Crippen molar-refractivity contribution in [2.75, 3.05) is 0 Å². The maximum Gasteiger partial charge on any atom is 0.165 e. The molecular formula is C15H13BrFNO2. The fourth-order valence-corrected chi connectivity index (χ4v) is 2.74. The Labute approximate surface area is 124 Å². The van der Waals surface area contributed by atoms with Crippen molar-refractivity contribution in [2.45, 2.75) is 18.6 Å².